The molecule has 106 valence electrons. The van der Waals surface area contributed by atoms with Crippen molar-refractivity contribution in [3.05, 3.63) is 59.9 Å². The number of fused-ring (bicyclic) bond motifs is 1. The summed E-state index contributed by atoms with van der Waals surface area (Å²) >= 11 is 0. The molecule has 2 heterocycles. The SMILES string of the molecule is Nc1ncccc1C(=O)NCCc1c[nH]c2ccccc12. The highest BCUT2D eigenvalue weighted by atomic mass is 16.1. The van der Waals surface area contributed by atoms with E-state index in [2.05, 4.69) is 21.4 Å². The van der Waals surface area contributed by atoms with Gasteiger partial charge in [0.25, 0.3) is 5.91 Å². The van der Waals surface area contributed by atoms with Crippen molar-refractivity contribution in [2.45, 2.75) is 6.42 Å². The summed E-state index contributed by atoms with van der Waals surface area (Å²) in [6.45, 7) is 0.551. The Labute approximate surface area is 122 Å². The topological polar surface area (TPSA) is 83.8 Å². The molecule has 0 unspecified atom stereocenters. The molecule has 0 aliphatic carbocycles. The maximum absolute atomic E-state index is 12.0. The van der Waals surface area contributed by atoms with Crippen molar-refractivity contribution in [1.82, 2.24) is 15.3 Å². The Bertz CT molecular complexity index is 779. The number of para-hydroxylation sites is 1. The Morgan fingerprint density at radius 3 is 2.95 bits per heavy atom. The maximum Gasteiger partial charge on any atom is 0.255 e. The molecule has 0 atom stereocenters. The van der Waals surface area contributed by atoms with Gasteiger partial charge in [-0.3, -0.25) is 4.79 Å². The number of aromatic nitrogens is 2. The van der Waals surface area contributed by atoms with Crippen LogP contribution in [0.25, 0.3) is 10.9 Å². The molecule has 0 aliphatic heterocycles. The van der Waals surface area contributed by atoms with Gasteiger partial charge in [-0.25, -0.2) is 4.98 Å². The number of benzene rings is 1. The normalized spacial score (nSPS) is 10.7. The van der Waals surface area contributed by atoms with Gasteiger partial charge < -0.3 is 16.0 Å². The number of nitrogens with two attached hydrogens (primary N) is 1. The molecular formula is C16H16N4O. The van der Waals surface area contributed by atoms with E-state index in [4.69, 9.17) is 5.73 Å². The Hall–Kier alpha value is -2.82. The minimum atomic E-state index is -0.194. The lowest BCUT2D eigenvalue weighted by Crippen LogP contribution is -2.26. The van der Waals surface area contributed by atoms with E-state index in [1.165, 1.54) is 10.9 Å². The number of anilines is 1. The van der Waals surface area contributed by atoms with Gasteiger partial charge in [-0.2, -0.15) is 0 Å². The highest BCUT2D eigenvalue weighted by Gasteiger charge is 2.09. The number of amides is 1. The predicted octanol–water partition coefficient (Wildman–Crippen LogP) is 2.12. The quantitative estimate of drug-likeness (QED) is 0.684. The molecule has 0 spiro atoms. The molecule has 1 aromatic carbocycles. The summed E-state index contributed by atoms with van der Waals surface area (Å²) in [5.41, 5.74) is 8.39. The molecule has 2 aromatic heterocycles. The second-order valence-electron chi connectivity index (χ2n) is 4.80. The molecule has 0 aliphatic rings. The summed E-state index contributed by atoms with van der Waals surface area (Å²) < 4.78 is 0. The van der Waals surface area contributed by atoms with Crippen molar-refractivity contribution in [2.75, 3.05) is 12.3 Å². The van der Waals surface area contributed by atoms with Crippen LogP contribution in [0.4, 0.5) is 5.82 Å². The van der Waals surface area contributed by atoms with Crippen LogP contribution >= 0.6 is 0 Å². The minimum Gasteiger partial charge on any atom is -0.383 e. The number of carbonyl (C=O) groups excluding carboxylic acids is 1. The number of aromatic amines is 1. The van der Waals surface area contributed by atoms with Crippen molar-refractivity contribution in [2.24, 2.45) is 0 Å². The second-order valence-corrected chi connectivity index (χ2v) is 4.80. The van der Waals surface area contributed by atoms with E-state index in [-0.39, 0.29) is 11.7 Å². The van der Waals surface area contributed by atoms with Gasteiger partial charge in [-0.05, 0) is 30.2 Å². The number of nitrogen functional groups attached to an aromatic ring is 1. The van der Waals surface area contributed by atoms with Crippen LogP contribution < -0.4 is 11.1 Å². The number of nitrogens with zero attached hydrogens (tertiary/aromatic N) is 1. The van der Waals surface area contributed by atoms with E-state index in [0.717, 1.165) is 11.9 Å². The van der Waals surface area contributed by atoms with Gasteiger partial charge in [-0.15, -0.1) is 0 Å². The molecule has 4 N–H and O–H groups in total. The van der Waals surface area contributed by atoms with E-state index in [0.29, 0.717) is 12.1 Å². The van der Waals surface area contributed by atoms with Gasteiger partial charge in [0.1, 0.15) is 5.82 Å². The number of rotatable bonds is 4. The fraction of sp³-hybridized carbons (Fsp3) is 0.125. The van der Waals surface area contributed by atoms with Crippen LogP contribution in [-0.4, -0.2) is 22.4 Å². The van der Waals surface area contributed by atoms with Gasteiger partial charge in [0.2, 0.25) is 0 Å². The van der Waals surface area contributed by atoms with E-state index in [1.807, 2.05) is 24.4 Å². The summed E-state index contributed by atoms with van der Waals surface area (Å²) in [7, 11) is 0. The number of hydrogen-bond acceptors (Lipinski definition) is 3. The summed E-state index contributed by atoms with van der Waals surface area (Å²) in [5, 5.41) is 4.06. The summed E-state index contributed by atoms with van der Waals surface area (Å²) in [5.74, 6) is 0.0579. The Kier molecular flexibility index (Phi) is 3.55. The molecule has 5 nitrogen and oxygen atoms in total. The lowest BCUT2D eigenvalue weighted by molar-refractivity contribution is 0.0955. The first kappa shape index (κ1) is 13.2. The lowest BCUT2D eigenvalue weighted by Gasteiger charge is -2.06. The number of pyridine rings is 1. The second kappa shape index (κ2) is 5.66. The molecule has 3 aromatic rings. The van der Waals surface area contributed by atoms with E-state index >= 15 is 0 Å². The van der Waals surface area contributed by atoms with Crippen molar-refractivity contribution in [3.63, 3.8) is 0 Å². The van der Waals surface area contributed by atoms with Crippen LogP contribution in [0.5, 0.6) is 0 Å². The highest BCUT2D eigenvalue weighted by molar-refractivity contribution is 5.98. The molecule has 21 heavy (non-hydrogen) atoms. The first-order valence-corrected chi connectivity index (χ1v) is 6.79. The number of nitrogens with one attached hydrogen (secondary N) is 2. The number of carbonyl (C=O) groups is 1. The standard InChI is InChI=1S/C16H16N4O/c17-15-13(5-3-8-18-15)16(21)19-9-7-11-10-20-14-6-2-1-4-12(11)14/h1-6,8,10,20H,7,9H2,(H2,17,18)(H,19,21). The van der Waals surface area contributed by atoms with E-state index in [9.17, 15) is 4.79 Å². The molecule has 0 bridgehead atoms. The van der Waals surface area contributed by atoms with Gasteiger partial charge in [0.05, 0.1) is 5.56 Å². The van der Waals surface area contributed by atoms with Crippen LogP contribution in [0.2, 0.25) is 0 Å². The van der Waals surface area contributed by atoms with E-state index in [1.54, 1.807) is 18.3 Å². The van der Waals surface area contributed by atoms with Crippen LogP contribution in [0.1, 0.15) is 15.9 Å². The Balaban J connectivity index is 1.64. The summed E-state index contributed by atoms with van der Waals surface area (Å²) in [4.78, 5) is 19.2. The fourth-order valence-corrected chi connectivity index (χ4v) is 2.35. The molecule has 0 fully saturated rings. The predicted molar refractivity (Wildman–Crippen MR) is 83.0 cm³/mol. The Morgan fingerprint density at radius 1 is 1.24 bits per heavy atom. The van der Waals surface area contributed by atoms with Crippen LogP contribution in [0.3, 0.4) is 0 Å². The first-order chi connectivity index (χ1) is 10.3. The molecule has 3 rings (SSSR count). The average Bonchev–Trinajstić information content (AvgIpc) is 2.91. The Morgan fingerprint density at radius 2 is 2.10 bits per heavy atom. The molecule has 0 radical (unpaired) electrons. The smallest absolute Gasteiger partial charge is 0.255 e. The van der Waals surface area contributed by atoms with Gasteiger partial charge in [0, 0.05) is 29.8 Å². The lowest BCUT2D eigenvalue weighted by atomic mass is 10.1. The first-order valence-electron chi connectivity index (χ1n) is 6.79. The molecule has 0 saturated heterocycles. The fourth-order valence-electron chi connectivity index (χ4n) is 2.35. The third-order valence-corrected chi connectivity index (χ3v) is 3.44. The van der Waals surface area contributed by atoms with Crippen molar-refractivity contribution < 1.29 is 4.79 Å². The molecular weight excluding hydrogens is 264 g/mol. The zero-order valence-corrected chi connectivity index (χ0v) is 11.5. The largest absolute Gasteiger partial charge is 0.383 e. The summed E-state index contributed by atoms with van der Waals surface area (Å²) in [6, 6.07) is 11.5. The zero-order chi connectivity index (χ0) is 14.7. The minimum absolute atomic E-state index is 0.194. The molecule has 1 amide bonds. The van der Waals surface area contributed by atoms with Crippen molar-refractivity contribution >= 4 is 22.6 Å². The van der Waals surface area contributed by atoms with Gasteiger partial charge >= 0.3 is 0 Å². The summed E-state index contributed by atoms with van der Waals surface area (Å²) in [6.07, 6.45) is 4.31. The third kappa shape index (κ3) is 2.72. The van der Waals surface area contributed by atoms with Crippen LogP contribution in [0.15, 0.2) is 48.8 Å². The monoisotopic (exact) mass is 280 g/mol. The zero-order valence-electron chi connectivity index (χ0n) is 11.5. The number of hydrogen-bond donors (Lipinski definition) is 3. The average molecular weight is 280 g/mol. The maximum atomic E-state index is 12.0. The van der Waals surface area contributed by atoms with E-state index < -0.39 is 0 Å². The number of H-pyrrole nitrogens is 1. The van der Waals surface area contributed by atoms with Gasteiger partial charge in [-0.1, -0.05) is 18.2 Å². The van der Waals surface area contributed by atoms with Crippen molar-refractivity contribution in [1.29, 1.82) is 0 Å². The highest BCUT2D eigenvalue weighted by Crippen LogP contribution is 2.17. The van der Waals surface area contributed by atoms with Gasteiger partial charge in [0.15, 0.2) is 0 Å². The molecule has 0 saturated carbocycles. The van der Waals surface area contributed by atoms with Crippen molar-refractivity contribution in [3.8, 4) is 0 Å². The third-order valence-electron chi connectivity index (χ3n) is 3.44. The van der Waals surface area contributed by atoms with Crippen LogP contribution in [-0.2, 0) is 6.42 Å². The molecule has 5 heteroatoms. The van der Waals surface area contributed by atoms with Crippen LogP contribution in [0, 0.1) is 0 Å².